The van der Waals surface area contributed by atoms with Crippen molar-refractivity contribution >= 4 is 60.9 Å². The van der Waals surface area contributed by atoms with Gasteiger partial charge in [0, 0.05) is 41.7 Å². The highest BCUT2D eigenvalue weighted by molar-refractivity contribution is 7.22. The zero-order chi connectivity index (χ0) is 31.0. The van der Waals surface area contributed by atoms with Crippen molar-refractivity contribution in [1.29, 1.82) is 0 Å². The molecule has 45 heavy (non-hydrogen) atoms. The van der Waals surface area contributed by atoms with Crippen LogP contribution in [0.2, 0.25) is 5.02 Å². The molecule has 4 aliphatic rings. The number of benzene rings is 2. The lowest BCUT2D eigenvalue weighted by molar-refractivity contribution is -0.129. The molecule has 0 saturated carbocycles. The Kier molecular flexibility index (Phi) is 6.88. The van der Waals surface area contributed by atoms with E-state index in [4.69, 9.17) is 27.1 Å². The van der Waals surface area contributed by atoms with Crippen LogP contribution in [0.3, 0.4) is 0 Å². The van der Waals surface area contributed by atoms with E-state index in [0.29, 0.717) is 36.5 Å². The van der Waals surface area contributed by atoms with Crippen LogP contribution >= 0.6 is 22.9 Å². The largest absolute Gasteiger partial charge is 0.461 e. The number of carbonyl (C=O) groups excluding carboxylic acids is 1. The summed E-state index contributed by atoms with van der Waals surface area (Å²) in [6.45, 7) is 7.25. The van der Waals surface area contributed by atoms with Gasteiger partial charge in [-0.05, 0) is 75.9 Å². The number of thiazole rings is 1. The molecule has 2 aromatic heterocycles. The average molecular weight is 652 g/mol. The van der Waals surface area contributed by atoms with E-state index in [9.17, 15) is 9.18 Å². The number of halogens is 3. The fourth-order valence-corrected chi connectivity index (χ4v) is 9.17. The predicted octanol–water partition coefficient (Wildman–Crippen LogP) is 5.79. The van der Waals surface area contributed by atoms with Crippen molar-refractivity contribution in [1.82, 2.24) is 24.8 Å². The van der Waals surface area contributed by atoms with Crippen LogP contribution in [-0.2, 0) is 4.79 Å². The van der Waals surface area contributed by atoms with E-state index < -0.39 is 11.6 Å². The fraction of sp³-hybridized carbons (Fsp3) is 0.438. The molecular weight excluding hydrogens is 620 g/mol. The molecule has 4 saturated heterocycles. The van der Waals surface area contributed by atoms with Crippen LogP contribution in [-0.4, -0.2) is 81.1 Å². The molecule has 4 aromatic rings. The van der Waals surface area contributed by atoms with Gasteiger partial charge in [-0.25, -0.2) is 13.8 Å². The SMILES string of the molecule is C=CC(=O)N1C2CCC1CN(c1nc(OCC34CCCN3CCC4)nc3c(F)c(-c4ccc(F)c5sc(N)nc45)c(Cl)cc13)C2. The highest BCUT2D eigenvalue weighted by atomic mass is 35.5. The Morgan fingerprint density at radius 2 is 1.87 bits per heavy atom. The number of hydrogen-bond donors (Lipinski definition) is 1. The zero-order valence-electron chi connectivity index (χ0n) is 24.6. The first-order valence-electron chi connectivity index (χ1n) is 15.4. The number of piperazine rings is 1. The van der Waals surface area contributed by atoms with Gasteiger partial charge in [-0.15, -0.1) is 0 Å². The van der Waals surface area contributed by atoms with Crippen molar-refractivity contribution in [3.05, 3.63) is 47.5 Å². The second-order valence-electron chi connectivity index (χ2n) is 12.5. The van der Waals surface area contributed by atoms with E-state index in [1.54, 1.807) is 6.07 Å². The highest BCUT2D eigenvalue weighted by Crippen LogP contribution is 2.44. The number of nitrogen functional groups attached to an aromatic ring is 1. The molecule has 9 nitrogen and oxygen atoms in total. The monoisotopic (exact) mass is 651 g/mol. The highest BCUT2D eigenvalue weighted by Gasteiger charge is 2.46. The molecule has 0 radical (unpaired) electrons. The maximum atomic E-state index is 16.8. The zero-order valence-corrected chi connectivity index (χ0v) is 26.1. The van der Waals surface area contributed by atoms with Gasteiger partial charge >= 0.3 is 6.01 Å². The van der Waals surface area contributed by atoms with Gasteiger partial charge in [0.05, 0.1) is 20.8 Å². The number of amides is 1. The second kappa shape index (κ2) is 10.7. The van der Waals surface area contributed by atoms with Crippen molar-refractivity contribution in [3.63, 3.8) is 0 Å². The first kappa shape index (κ1) is 28.8. The lowest BCUT2D eigenvalue weighted by atomic mass is 9.95. The molecule has 2 bridgehead atoms. The van der Waals surface area contributed by atoms with Gasteiger partial charge < -0.3 is 20.3 Å². The topological polar surface area (TPSA) is 101 Å². The average Bonchev–Trinajstić information content (AvgIpc) is 3.78. The van der Waals surface area contributed by atoms with Gasteiger partial charge in [-0.2, -0.15) is 9.97 Å². The van der Waals surface area contributed by atoms with Gasteiger partial charge in [0.15, 0.2) is 10.9 Å². The number of fused-ring (bicyclic) bond motifs is 5. The van der Waals surface area contributed by atoms with Crippen LogP contribution in [0.1, 0.15) is 38.5 Å². The molecule has 4 aliphatic heterocycles. The number of carbonyl (C=O) groups is 1. The number of anilines is 2. The first-order chi connectivity index (χ1) is 21.8. The van der Waals surface area contributed by atoms with Crippen molar-refractivity contribution in [2.24, 2.45) is 0 Å². The van der Waals surface area contributed by atoms with Gasteiger partial charge in [0.25, 0.3) is 0 Å². The normalized spacial score (nSPS) is 22.5. The number of rotatable bonds is 6. The quantitative estimate of drug-likeness (QED) is 0.262. The summed E-state index contributed by atoms with van der Waals surface area (Å²) in [4.78, 5) is 33.0. The van der Waals surface area contributed by atoms with Crippen LogP contribution in [0.15, 0.2) is 30.9 Å². The molecule has 4 fully saturated rings. The van der Waals surface area contributed by atoms with Crippen LogP contribution in [0, 0.1) is 11.6 Å². The molecule has 234 valence electrons. The minimum Gasteiger partial charge on any atom is -0.461 e. The summed E-state index contributed by atoms with van der Waals surface area (Å²) in [5.41, 5.74) is 6.55. The Balaban J connectivity index is 1.26. The lowest BCUT2D eigenvalue weighted by Crippen LogP contribution is -2.55. The summed E-state index contributed by atoms with van der Waals surface area (Å²) in [7, 11) is 0. The maximum absolute atomic E-state index is 16.8. The Morgan fingerprint density at radius 3 is 2.58 bits per heavy atom. The number of nitrogens with zero attached hydrogens (tertiary/aromatic N) is 6. The van der Waals surface area contributed by atoms with Crippen molar-refractivity contribution < 1.29 is 18.3 Å². The van der Waals surface area contributed by atoms with Crippen molar-refractivity contribution in [2.75, 3.05) is 43.4 Å². The van der Waals surface area contributed by atoms with E-state index >= 15 is 4.39 Å². The summed E-state index contributed by atoms with van der Waals surface area (Å²) < 4.78 is 38.1. The Hall–Kier alpha value is -3.61. The molecule has 2 unspecified atom stereocenters. The van der Waals surface area contributed by atoms with Gasteiger partial charge in [-0.1, -0.05) is 29.5 Å². The number of aromatic nitrogens is 3. The van der Waals surface area contributed by atoms with Crippen LogP contribution in [0.25, 0.3) is 32.2 Å². The molecule has 0 spiro atoms. The van der Waals surface area contributed by atoms with Crippen molar-refractivity contribution in [2.45, 2.75) is 56.1 Å². The van der Waals surface area contributed by atoms with Crippen LogP contribution in [0.5, 0.6) is 6.01 Å². The summed E-state index contributed by atoms with van der Waals surface area (Å²) >= 11 is 7.83. The summed E-state index contributed by atoms with van der Waals surface area (Å²) in [5.74, 6) is -0.728. The summed E-state index contributed by atoms with van der Waals surface area (Å²) in [6.07, 6.45) is 7.41. The van der Waals surface area contributed by atoms with Crippen LogP contribution < -0.4 is 15.4 Å². The van der Waals surface area contributed by atoms with Gasteiger partial charge in [0.1, 0.15) is 23.8 Å². The Labute approximate surface area is 267 Å². The molecule has 1 amide bonds. The Morgan fingerprint density at radius 1 is 1.13 bits per heavy atom. The minimum atomic E-state index is -0.671. The maximum Gasteiger partial charge on any atom is 0.319 e. The number of ether oxygens (including phenoxy) is 1. The molecule has 0 aliphatic carbocycles. The standard InChI is InChI=1S/C32H32ClF2N7O2S/c1-2-23(43)42-17-5-6-18(42)15-40(14-17)29-20-13-21(33)24(19-7-8-22(34)28-27(19)37-30(36)45-28)25(35)26(20)38-31(39-29)44-16-32-9-3-11-41(32)12-4-10-32/h2,7-8,13,17-18H,1,3-6,9-12,14-16H2,(H2,36,37). The minimum absolute atomic E-state index is 0.0183. The van der Waals surface area contributed by atoms with Gasteiger partial charge in [0.2, 0.25) is 5.91 Å². The third-order valence-corrected chi connectivity index (χ3v) is 11.3. The second-order valence-corrected chi connectivity index (χ2v) is 14.0. The lowest BCUT2D eigenvalue weighted by Gasteiger charge is -2.41. The summed E-state index contributed by atoms with van der Waals surface area (Å²) in [6, 6.07) is 4.45. The molecule has 2 N–H and O–H groups in total. The molecule has 13 heteroatoms. The molecule has 2 atom stereocenters. The smallest absolute Gasteiger partial charge is 0.319 e. The van der Waals surface area contributed by atoms with E-state index in [-0.39, 0.29) is 61.0 Å². The Bertz CT molecular complexity index is 1860. The molecule has 2 aromatic carbocycles. The predicted molar refractivity (Wildman–Crippen MR) is 172 cm³/mol. The van der Waals surface area contributed by atoms with Crippen LogP contribution in [0.4, 0.5) is 19.7 Å². The molecule has 6 heterocycles. The number of nitrogens with two attached hydrogens (primary N) is 1. The summed E-state index contributed by atoms with van der Waals surface area (Å²) in [5, 5.41) is 0.729. The van der Waals surface area contributed by atoms with E-state index in [1.807, 2.05) is 4.90 Å². The van der Waals surface area contributed by atoms with Crippen molar-refractivity contribution in [3.8, 4) is 17.1 Å². The van der Waals surface area contributed by atoms with E-state index in [0.717, 1.165) is 63.0 Å². The van der Waals surface area contributed by atoms with Gasteiger partial charge in [-0.3, -0.25) is 9.69 Å². The van der Waals surface area contributed by atoms with E-state index in [1.165, 1.54) is 18.2 Å². The molecular formula is C32H32ClF2N7O2S. The number of hydrogen-bond acceptors (Lipinski definition) is 9. The molecule has 8 rings (SSSR count). The fourth-order valence-electron chi connectivity index (χ4n) is 8.11. The third-order valence-electron chi connectivity index (χ3n) is 10.1. The van der Waals surface area contributed by atoms with E-state index in [2.05, 4.69) is 26.3 Å². The third kappa shape index (κ3) is 4.55. The first-order valence-corrected chi connectivity index (χ1v) is 16.6.